The molecule has 20 heavy (non-hydrogen) atoms. The fraction of sp³-hybridized carbons (Fsp3) is 0.294. The van der Waals surface area contributed by atoms with Gasteiger partial charge in [0.15, 0.2) is 5.78 Å². The molecule has 104 valence electrons. The Balaban J connectivity index is 2.00. The van der Waals surface area contributed by atoms with E-state index in [1.54, 1.807) is 12.4 Å². The summed E-state index contributed by atoms with van der Waals surface area (Å²) in [5, 5.41) is 0. The lowest BCUT2D eigenvalue weighted by molar-refractivity contribution is 0.0942. The van der Waals surface area contributed by atoms with E-state index in [-0.39, 0.29) is 5.78 Å². The van der Waals surface area contributed by atoms with Crippen molar-refractivity contribution in [3.8, 4) is 0 Å². The third kappa shape index (κ3) is 3.75. The lowest BCUT2D eigenvalue weighted by Gasteiger charge is -2.16. The maximum absolute atomic E-state index is 12.3. The van der Waals surface area contributed by atoms with Crippen LogP contribution < -0.4 is 0 Å². The number of pyridine rings is 1. The van der Waals surface area contributed by atoms with Crippen LogP contribution >= 0.6 is 0 Å². The molecule has 0 fully saturated rings. The van der Waals surface area contributed by atoms with Crippen molar-refractivity contribution >= 4 is 5.78 Å². The van der Waals surface area contributed by atoms with Gasteiger partial charge in [-0.15, -0.1) is 0 Å². The van der Waals surface area contributed by atoms with Crippen molar-refractivity contribution < 1.29 is 4.79 Å². The van der Waals surface area contributed by atoms with Gasteiger partial charge in [0.2, 0.25) is 0 Å². The van der Waals surface area contributed by atoms with Crippen LogP contribution in [0.5, 0.6) is 0 Å². The zero-order valence-corrected chi connectivity index (χ0v) is 12.3. The standard InChI is InChI=1S/C17H20N2O/c1-13-4-5-16(14(2)10-13)17(20)12-19(3)11-15-6-8-18-9-7-15/h4-10H,11-12H2,1-3H3. The van der Waals surface area contributed by atoms with Crippen LogP contribution in [0.25, 0.3) is 0 Å². The van der Waals surface area contributed by atoms with Crippen LogP contribution in [0.1, 0.15) is 27.0 Å². The summed E-state index contributed by atoms with van der Waals surface area (Å²) >= 11 is 0. The zero-order valence-electron chi connectivity index (χ0n) is 12.3. The molecule has 1 aromatic carbocycles. The Hall–Kier alpha value is -2.00. The first-order chi connectivity index (χ1) is 9.56. The molecule has 0 spiro atoms. The molecule has 0 aliphatic carbocycles. The summed E-state index contributed by atoms with van der Waals surface area (Å²) in [4.78, 5) is 18.3. The first kappa shape index (κ1) is 14.4. The zero-order chi connectivity index (χ0) is 14.5. The Morgan fingerprint density at radius 3 is 2.50 bits per heavy atom. The van der Waals surface area contributed by atoms with Gasteiger partial charge in [-0.05, 0) is 44.2 Å². The monoisotopic (exact) mass is 268 g/mol. The van der Waals surface area contributed by atoms with Crippen LogP contribution in [0.3, 0.4) is 0 Å². The highest BCUT2D eigenvalue weighted by Crippen LogP contribution is 2.12. The van der Waals surface area contributed by atoms with Gasteiger partial charge in [0.1, 0.15) is 0 Å². The van der Waals surface area contributed by atoms with Gasteiger partial charge >= 0.3 is 0 Å². The maximum Gasteiger partial charge on any atom is 0.177 e. The minimum absolute atomic E-state index is 0.166. The minimum Gasteiger partial charge on any atom is -0.295 e. The smallest absolute Gasteiger partial charge is 0.177 e. The molecule has 0 bridgehead atoms. The second-order valence-corrected chi connectivity index (χ2v) is 5.27. The van der Waals surface area contributed by atoms with Crippen LogP contribution in [-0.4, -0.2) is 29.3 Å². The predicted octanol–water partition coefficient (Wildman–Crippen LogP) is 3.01. The molecule has 0 aliphatic heterocycles. The molecule has 0 unspecified atom stereocenters. The van der Waals surface area contributed by atoms with E-state index in [0.29, 0.717) is 6.54 Å². The third-order valence-corrected chi connectivity index (χ3v) is 3.30. The summed E-state index contributed by atoms with van der Waals surface area (Å²) in [5.41, 5.74) is 4.21. The summed E-state index contributed by atoms with van der Waals surface area (Å²) in [6.45, 7) is 5.20. The topological polar surface area (TPSA) is 33.2 Å². The van der Waals surface area contributed by atoms with Crippen molar-refractivity contribution in [1.82, 2.24) is 9.88 Å². The van der Waals surface area contributed by atoms with Crippen LogP contribution in [-0.2, 0) is 6.54 Å². The number of benzene rings is 1. The highest BCUT2D eigenvalue weighted by molar-refractivity contribution is 5.98. The lowest BCUT2D eigenvalue weighted by Crippen LogP contribution is -2.26. The number of aromatic nitrogens is 1. The Bertz CT molecular complexity index is 593. The third-order valence-electron chi connectivity index (χ3n) is 3.30. The van der Waals surface area contributed by atoms with Gasteiger partial charge in [-0.2, -0.15) is 0 Å². The maximum atomic E-state index is 12.3. The van der Waals surface area contributed by atoms with E-state index in [0.717, 1.165) is 23.2 Å². The van der Waals surface area contributed by atoms with Crippen molar-refractivity contribution in [3.05, 3.63) is 65.0 Å². The Labute approximate surface area is 120 Å². The fourth-order valence-electron chi connectivity index (χ4n) is 2.31. The van der Waals surface area contributed by atoms with Gasteiger partial charge in [0.25, 0.3) is 0 Å². The van der Waals surface area contributed by atoms with E-state index < -0.39 is 0 Å². The average molecular weight is 268 g/mol. The van der Waals surface area contributed by atoms with E-state index in [2.05, 4.69) is 11.1 Å². The number of rotatable bonds is 5. The molecule has 0 atom stereocenters. The molecule has 2 aromatic rings. The van der Waals surface area contributed by atoms with E-state index >= 15 is 0 Å². The number of hydrogen-bond donors (Lipinski definition) is 0. The van der Waals surface area contributed by atoms with Gasteiger partial charge in [-0.25, -0.2) is 0 Å². The SMILES string of the molecule is Cc1ccc(C(=O)CN(C)Cc2ccncc2)c(C)c1. The predicted molar refractivity (Wildman–Crippen MR) is 80.8 cm³/mol. The highest BCUT2D eigenvalue weighted by Gasteiger charge is 2.12. The second-order valence-electron chi connectivity index (χ2n) is 5.27. The van der Waals surface area contributed by atoms with Crippen molar-refractivity contribution in [2.24, 2.45) is 0 Å². The number of hydrogen-bond acceptors (Lipinski definition) is 3. The molecule has 0 saturated carbocycles. The fourth-order valence-corrected chi connectivity index (χ4v) is 2.31. The van der Waals surface area contributed by atoms with Crippen LogP contribution in [0.2, 0.25) is 0 Å². The number of Topliss-reactive ketones (excluding diaryl/α,β-unsaturated/α-hetero) is 1. The second kappa shape index (κ2) is 6.44. The molecule has 3 heteroatoms. The van der Waals surface area contributed by atoms with E-state index in [4.69, 9.17) is 0 Å². The van der Waals surface area contributed by atoms with Gasteiger partial charge in [0, 0.05) is 24.5 Å². The first-order valence-corrected chi connectivity index (χ1v) is 6.74. The Morgan fingerprint density at radius 1 is 1.15 bits per heavy atom. The summed E-state index contributed by atoms with van der Waals surface area (Å²) in [6, 6.07) is 9.91. The van der Waals surface area contributed by atoms with Crippen LogP contribution in [0.15, 0.2) is 42.7 Å². The summed E-state index contributed by atoms with van der Waals surface area (Å²) in [6.07, 6.45) is 3.55. The number of ketones is 1. The molecule has 3 nitrogen and oxygen atoms in total. The van der Waals surface area contributed by atoms with E-state index in [1.165, 1.54) is 5.56 Å². The number of nitrogens with zero attached hydrogens (tertiary/aromatic N) is 2. The first-order valence-electron chi connectivity index (χ1n) is 6.74. The molecular formula is C17H20N2O. The van der Waals surface area contributed by atoms with Gasteiger partial charge in [-0.1, -0.05) is 23.8 Å². The Morgan fingerprint density at radius 2 is 1.85 bits per heavy atom. The molecule has 1 aromatic heterocycles. The molecule has 0 aliphatic rings. The lowest BCUT2D eigenvalue weighted by atomic mass is 10.0. The number of likely N-dealkylation sites (N-methyl/N-ethyl adjacent to an activating group) is 1. The van der Waals surface area contributed by atoms with Crippen LogP contribution in [0.4, 0.5) is 0 Å². The van der Waals surface area contributed by atoms with Gasteiger partial charge in [-0.3, -0.25) is 14.7 Å². The largest absolute Gasteiger partial charge is 0.295 e. The van der Waals surface area contributed by atoms with Crippen molar-refractivity contribution in [2.75, 3.05) is 13.6 Å². The number of carbonyl (C=O) groups is 1. The molecule has 0 N–H and O–H groups in total. The number of carbonyl (C=O) groups excluding carboxylic acids is 1. The van der Waals surface area contributed by atoms with E-state index in [1.807, 2.05) is 50.1 Å². The minimum atomic E-state index is 0.166. The summed E-state index contributed by atoms with van der Waals surface area (Å²) in [5.74, 6) is 0.166. The normalized spacial score (nSPS) is 10.8. The quantitative estimate of drug-likeness (QED) is 0.782. The average Bonchev–Trinajstić information content (AvgIpc) is 2.39. The molecule has 2 rings (SSSR count). The Kier molecular flexibility index (Phi) is 4.64. The van der Waals surface area contributed by atoms with Crippen LogP contribution in [0, 0.1) is 13.8 Å². The summed E-state index contributed by atoms with van der Waals surface area (Å²) in [7, 11) is 1.96. The number of aryl methyl sites for hydroxylation is 2. The molecule has 0 amide bonds. The van der Waals surface area contributed by atoms with Gasteiger partial charge < -0.3 is 0 Å². The van der Waals surface area contributed by atoms with Crippen molar-refractivity contribution in [2.45, 2.75) is 20.4 Å². The van der Waals surface area contributed by atoms with Crippen molar-refractivity contribution in [1.29, 1.82) is 0 Å². The highest BCUT2D eigenvalue weighted by atomic mass is 16.1. The summed E-state index contributed by atoms with van der Waals surface area (Å²) < 4.78 is 0. The van der Waals surface area contributed by atoms with E-state index in [9.17, 15) is 4.79 Å². The molecule has 0 radical (unpaired) electrons. The van der Waals surface area contributed by atoms with Crippen molar-refractivity contribution in [3.63, 3.8) is 0 Å². The van der Waals surface area contributed by atoms with Gasteiger partial charge in [0.05, 0.1) is 6.54 Å². The molecular weight excluding hydrogens is 248 g/mol. The molecule has 1 heterocycles. The molecule has 0 saturated heterocycles.